The van der Waals surface area contributed by atoms with Crippen molar-refractivity contribution in [2.24, 2.45) is 0 Å². The molecule has 1 N–H and O–H groups in total. The lowest BCUT2D eigenvalue weighted by Gasteiger charge is -2.32. The lowest BCUT2D eigenvalue weighted by molar-refractivity contribution is 0.0780. The van der Waals surface area contributed by atoms with Gasteiger partial charge >= 0.3 is 0 Å². The third kappa shape index (κ3) is 4.47. The van der Waals surface area contributed by atoms with Crippen LogP contribution < -0.4 is 15.0 Å². The number of thioether (sulfide) groups is 1. The summed E-state index contributed by atoms with van der Waals surface area (Å²) >= 11 is 2.00. The highest BCUT2D eigenvalue weighted by atomic mass is 32.2. The molecule has 8 nitrogen and oxygen atoms in total. The Morgan fingerprint density at radius 1 is 1.11 bits per heavy atom. The Labute approximate surface area is 210 Å². The van der Waals surface area contributed by atoms with Crippen molar-refractivity contribution in [1.29, 1.82) is 0 Å². The predicted molar refractivity (Wildman–Crippen MR) is 139 cm³/mol. The van der Waals surface area contributed by atoms with Crippen LogP contribution in [0.1, 0.15) is 43.5 Å². The second-order valence-electron chi connectivity index (χ2n) is 9.70. The molecule has 184 valence electrons. The van der Waals surface area contributed by atoms with Crippen molar-refractivity contribution in [3.8, 4) is 11.4 Å². The maximum Gasteiger partial charge on any atom is 0.229 e. The number of hydrogen-bond acceptors (Lipinski definition) is 8. The topological polar surface area (TPSA) is 77.3 Å². The first-order valence-corrected chi connectivity index (χ1v) is 13.3. The summed E-state index contributed by atoms with van der Waals surface area (Å²) in [7, 11) is 1.69. The van der Waals surface area contributed by atoms with E-state index in [1.165, 1.54) is 29.9 Å². The molecule has 0 saturated carbocycles. The molecule has 0 amide bonds. The number of ether oxygens (including phenoxy) is 2. The van der Waals surface area contributed by atoms with Gasteiger partial charge in [0, 0.05) is 55.4 Å². The van der Waals surface area contributed by atoms with Crippen LogP contribution in [0.5, 0.6) is 5.75 Å². The van der Waals surface area contributed by atoms with Gasteiger partial charge in [-0.2, -0.15) is 4.98 Å². The Morgan fingerprint density at radius 3 is 2.69 bits per heavy atom. The van der Waals surface area contributed by atoms with Crippen molar-refractivity contribution in [2.75, 3.05) is 43.6 Å². The first-order chi connectivity index (χ1) is 17.1. The Hall–Kier alpha value is -2.78. The van der Waals surface area contributed by atoms with Gasteiger partial charge in [0.1, 0.15) is 11.6 Å². The van der Waals surface area contributed by atoms with Crippen molar-refractivity contribution < 1.29 is 9.47 Å². The van der Waals surface area contributed by atoms with Gasteiger partial charge in [-0.25, -0.2) is 9.97 Å². The van der Waals surface area contributed by atoms with E-state index in [4.69, 9.17) is 19.4 Å². The molecule has 0 atom stereocenters. The second-order valence-corrected chi connectivity index (χ2v) is 11.2. The van der Waals surface area contributed by atoms with Crippen LogP contribution >= 0.6 is 11.8 Å². The number of methoxy groups -OCH3 is 1. The lowest BCUT2D eigenvalue weighted by atomic mass is 9.94. The fourth-order valence-corrected chi connectivity index (χ4v) is 6.83. The zero-order chi connectivity index (χ0) is 23.8. The largest absolute Gasteiger partial charge is 0.494 e. The van der Waals surface area contributed by atoms with E-state index >= 15 is 0 Å². The normalized spacial score (nSPS) is 19.1. The molecule has 0 bridgehead atoms. The van der Waals surface area contributed by atoms with Crippen LogP contribution in [0.4, 0.5) is 17.5 Å². The number of rotatable bonds is 5. The summed E-state index contributed by atoms with van der Waals surface area (Å²) in [6.07, 6.45) is 10.7. The van der Waals surface area contributed by atoms with Gasteiger partial charge in [0.25, 0.3) is 0 Å². The number of imidazole rings is 1. The average Bonchev–Trinajstić information content (AvgIpc) is 3.47. The van der Waals surface area contributed by atoms with Gasteiger partial charge in [0.2, 0.25) is 5.95 Å². The van der Waals surface area contributed by atoms with E-state index in [1.807, 2.05) is 47.6 Å². The zero-order valence-corrected chi connectivity index (χ0v) is 21.2. The van der Waals surface area contributed by atoms with Crippen LogP contribution in [0, 0.1) is 6.92 Å². The smallest absolute Gasteiger partial charge is 0.229 e. The quantitative estimate of drug-likeness (QED) is 0.538. The third-order valence-corrected chi connectivity index (χ3v) is 8.82. The molecule has 35 heavy (non-hydrogen) atoms. The molecule has 9 heteroatoms. The van der Waals surface area contributed by atoms with Crippen LogP contribution in [0.25, 0.3) is 5.69 Å². The molecule has 0 radical (unpaired) electrons. The monoisotopic (exact) mass is 492 g/mol. The first kappa shape index (κ1) is 22.7. The minimum atomic E-state index is 0.201. The number of piperidine rings is 1. The summed E-state index contributed by atoms with van der Waals surface area (Å²) in [4.78, 5) is 18.2. The van der Waals surface area contributed by atoms with Crippen LogP contribution in [0.3, 0.4) is 0 Å². The van der Waals surface area contributed by atoms with Gasteiger partial charge in [0.05, 0.1) is 35.4 Å². The molecule has 6 rings (SSSR count). The van der Waals surface area contributed by atoms with Crippen LogP contribution in [-0.4, -0.2) is 57.7 Å². The fourth-order valence-electron chi connectivity index (χ4n) is 5.31. The maximum atomic E-state index is 5.70. The molecular formula is C26H32N6O2S. The van der Waals surface area contributed by atoms with Crippen molar-refractivity contribution in [3.63, 3.8) is 0 Å². The summed E-state index contributed by atoms with van der Waals surface area (Å²) < 4.78 is 13.6. The van der Waals surface area contributed by atoms with E-state index in [0.29, 0.717) is 5.95 Å². The summed E-state index contributed by atoms with van der Waals surface area (Å²) in [5.74, 6) is 2.52. The summed E-state index contributed by atoms with van der Waals surface area (Å²) in [5.41, 5.74) is 3.98. The fraction of sp³-hybridized carbons (Fsp3) is 0.500. The molecule has 3 aliphatic heterocycles. The van der Waals surface area contributed by atoms with Crippen LogP contribution in [0.2, 0.25) is 0 Å². The maximum absolute atomic E-state index is 5.70. The van der Waals surface area contributed by atoms with Gasteiger partial charge < -0.3 is 24.3 Å². The molecule has 2 aromatic heterocycles. The highest BCUT2D eigenvalue weighted by Crippen LogP contribution is 2.53. The third-order valence-electron chi connectivity index (χ3n) is 7.21. The number of nitrogens with zero attached hydrogens (tertiary/aromatic N) is 5. The standard InChI is InChI=1S/C26H32N6O2S/c1-18-16-32(17-27-18)21-7-6-19(14-22(21)33-2)28-25-29-20-15-26(8-12-34-13-9-26)35-23(20)24(30-25)31-10-4-3-5-11-31/h6-7,14,16-17H,3-5,8-13,15H2,1-2H3,(H,28,29,30). The van der Waals surface area contributed by atoms with E-state index in [1.54, 1.807) is 13.4 Å². The average molecular weight is 493 g/mol. The Morgan fingerprint density at radius 2 is 1.94 bits per heavy atom. The molecule has 5 heterocycles. The predicted octanol–water partition coefficient (Wildman–Crippen LogP) is 4.91. The molecule has 3 aromatic rings. The number of aryl methyl sites for hydroxylation is 1. The SMILES string of the molecule is COc1cc(Nc2nc3c(c(N4CCCCC4)n2)SC2(CCOCC2)C3)ccc1-n1cnc(C)c1. The summed E-state index contributed by atoms with van der Waals surface area (Å²) in [6.45, 7) is 5.77. The molecule has 2 fully saturated rings. The molecule has 2 saturated heterocycles. The number of anilines is 3. The van der Waals surface area contributed by atoms with E-state index in [-0.39, 0.29) is 4.75 Å². The van der Waals surface area contributed by atoms with Gasteiger partial charge in [-0.3, -0.25) is 0 Å². The van der Waals surface area contributed by atoms with Crippen molar-refractivity contribution >= 4 is 29.2 Å². The minimum Gasteiger partial charge on any atom is -0.494 e. The van der Waals surface area contributed by atoms with Crippen LogP contribution in [-0.2, 0) is 11.2 Å². The number of hydrogen-bond donors (Lipinski definition) is 1. The number of benzene rings is 1. The van der Waals surface area contributed by atoms with Gasteiger partial charge in [-0.05, 0) is 51.2 Å². The molecule has 1 spiro atoms. The van der Waals surface area contributed by atoms with E-state index in [9.17, 15) is 0 Å². The number of fused-ring (bicyclic) bond motifs is 1. The molecule has 0 unspecified atom stereocenters. The van der Waals surface area contributed by atoms with E-state index in [2.05, 4.69) is 15.2 Å². The highest BCUT2D eigenvalue weighted by Gasteiger charge is 2.43. The first-order valence-electron chi connectivity index (χ1n) is 12.5. The Bertz CT molecular complexity index is 1220. The Balaban J connectivity index is 1.33. The minimum absolute atomic E-state index is 0.201. The highest BCUT2D eigenvalue weighted by molar-refractivity contribution is 8.01. The van der Waals surface area contributed by atoms with Crippen molar-refractivity contribution in [3.05, 3.63) is 42.1 Å². The summed E-state index contributed by atoms with van der Waals surface area (Å²) in [5, 5.41) is 3.48. The molecule has 1 aromatic carbocycles. The molecule has 0 aliphatic carbocycles. The number of nitrogens with one attached hydrogen (secondary N) is 1. The van der Waals surface area contributed by atoms with Gasteiger partial charge in [-0.15, -0.1) is 11.8 Å². The number of aromatic nitrogens is 4. The molecule has 3 aliphatic rings. The van der Waals surface area contributed by atoms with Crippen molar-refractivity contribution in [1.82, 2.24) is 19.5 Å². The molecular weight excluding hydrogens is 460 g/mol. The van der Waals surface area contributed by atoms with Gasteiger partial charge in [-0.1, -0.05) is 0 Å². The van der Waals surface area contributed by atoms with Crippen molar-refractivity contribution in [2.45, 2.75) is 55.1 Å². The Kier molecular flexibility index (Phi) is 6.06. The van der Waals surface area contributed by atoms with Crippen LogP contribution in [0.15, 0.2) is 35.6 Å². The zero-order valence-electron chi connectivity index (χ0n) is 20.4. The summed E-state index contributed by atoms with van der Waals surface area (Å²) in [6, 6.07) is 6.07. The lowest BCUT2D eigenvalue weighted by Crippen LogP contribution is -2.32. The van der Waals surface area contributed by atoms with E-state index in [0.717, 1.165) is 74.2 Å². The van der Waals surface area contributed by atoms with E-state index < -0.39 is 0 Å². The second kappa shape index (κ2) is 9.35. The van der Waals surface area contributed by atoms with Gasteiger partial charge in [0.15, 0.2) is 0 Å².